The summed E-state index contributed by atoms with van der Waals surface area (Å²) in [7, 11) is 0. The van der Waals surface area contributed by atoms with Gasteiger partial charge in [0.1, 0.15) is 22.6 Å². The molecule has 3 unspecified atom stereocenters. The van der Waals surface area contributed by atoms with Crippen molar-refractivity contribution < 1.29 is 10.2 Å². The molecule has 0 spiro atoms. The Bertz CT molecular complexity index is 619. The molecule has 9 heteroatoms. The Kier molecular flexibility index (Phi) is 4.88. The van der Waals surface area contributed by atoms with Crippen LogP contribution in [-0.4, -0.2) is 49.0 Å². The van der Waals surface area contributed by atoms with Gasteiger partial charge in [0.25, 0.3) is 0 Å². The molecule has 2 aromatic heterocycles. The van der Waals surface area contributed by atoms with Crippen molar-refractivity contribution in [2.24, 2.45) is 0 Å². The molecule has 0 aliphatic rings. The van der Waals surface area contributed by atoms with E-state index in [1.165, 1.54) is 11.8 Å². The van der Waals surface area contributed by atoms with Crippen LogP contribution in [0, 0.1) is 0 Å². The molecule has 0 aliphatic heterocycles. The first-order valence-electron chi connectivity index (χ1n) is 6.45. The highest BCUT2D eigenvalue weighted by Crippen LogP contribution is 2.21. The average molecular weight is 312 g/mol. The van der Waals surface area contributed by atoms with E-state index in [4.69, 9.17) is 11.5 Å². The van der Waals surface area contributed by atoms with Crippen LogP contribution in [0.5, 0.6) is 0 Å². The van der Waals surface area contributed by atoms with Gasteiger partial charge in [-0.25, -0.2) is 4.98 Å². The molecular weight excluding hydrogens is 292 g/mol. The van der Waals surface area contributed by atoms with E-state index in [0.717, 1.165) is 5.56 Å². The minimum absolute atomic E-state index is 0.117. The van der Waals surface area contributed by atoms with Crippen LogP contribution in [0.25, 0.3) is 11.0 Å². The number of aliphatic hydroxyl groups excluding tert-OH is 2. The molecule has 0 fully saturated rings. The van der Waals surface area contributed by atoms with Gasteiger partial charge in [-0.15, -0.1) is 11.8 Å². The Balaban J connectivity index is 2.10. The number of nitrogens with two attached hydrogens (primary N) is 2. The monoisotopic (exact) mass is 312 g/mol. The molecule has 2 heterocycles. The Morgan fingerprint density at radius 3 is 2.76 bits per heavy atom. The van der Waals surface area contributed by atoms with Gasteiger partial charge in [-0.3, -0.25) is 0 Å². The van der Waals surface area contributed by atoms with Gasteiger partial charge < -0.3 is 32.0 Å². The third kappa shape index (κ3) is 3.38. The Morgan fingerprint density at radius 2 is 2.10 bits per heavy atom. The van der Waals surface area contributed by atoms with Crippen molar-refractivity contribution in [1.29, 1.82) is 0 Å². The van der Waals surface area contributed by atoms with Gasteiger partial charge in [-0.1, -0.05) is 0 Å². The zero-order valence-electron chi connectivity index (χ0n) is 11.9. The summed E-state index contributed by atoms with van der Waals surface area (Å²) in [6.07, 6.45) is 2.64. The average Bonchev–Trinajstić information content (AvgIpc) is 2.86. The van der Waals surface area contributed by atoms with E-state index in [2.05, 4.69) is 20.3 Å². The van der Waals surface area contributed by atoms with E-state index in [9.17, 15) is 10.2 Å². The predicted molar refractivity (Wildman–Crippen MR) is 84.5 cm³/mol. The number of H-pyrrole nitrogens is 1. The Hall–Kier alpha value is -1.55. The summed E-state index contributed by atoms with van der Waals surface area (Å²) >= 11 is 1.20. The third-order valence-electron chi connectivity index (χ3n) is 3.31. The number of hydrogen-bond acceptors (Lipinski definition) is 8. The molecule has 8 N–H and O–H groups in total. The number of aromatic amines is 1. The minimum Gasteiger partial charge on any atom is -0.388 e. The molecule has 0 radical (unpaired) electrons. The van der Waals surface area contributed by atoms with Crippen LogP contribution < -0.4 is 16.8 Å². The fourth-order valence-electron chi connectivity index (χ4n) is 2.01. The van der Waals surface area contributed by atoms with Gasteiger partial charge >= 0.3 is 0 Å². The predicted octanol–water partition coefficient (Wildman–Crippen LogP) is -0.357. The second-order valence-electron chi connectivity index (χ2n) is 4.79. The standard InChI is InChI=1S/C12H20N6O2S/c1-5(9(19)11(20)21-2)15-3-6-4-16-8-7(6)17-12(14)18-10(8)13/h4-5,9,11,15-16,19-20H,3H2,1-2H3,(H4,13,14,17,18). The minimum atomic E-state index is -0.866. The largest absolute Gasteiger partial charge is 0.388 e. The highest BCUT2D eigenvalue weighted by molar-refractivity contribution is 7.99. The van der Waals surface area contributed by atoms with Gasteiger partial charge in [0.2, 0.25) is 5.95 Å². The van der Waals surface area contributed by atoms with E-state index in [-0.39, 0.29) is 12.0 Å². The Labute approximate surface area is 126 Å². The fraction of sp³-hybridized carbons (Fsp3) is 0.500. The van der Waals surface area contributed by atoms with Crippen LogP contribution in [-0.2, 0) is 6.54 Å². The second kappa shape index (κ2) is 6.48. The number of fused-ring (bicyclic) bond motifs is 1. The third-order valence-corrected chi connectivity index (χ3v) is 4.07. The maximum absolute atomic E-state index is 9.91. The van der Waals surface area contributed by atoms with Crippen molar-refractivity contribution in [2.75, 3.05) is 17.7 Å². The highest BCUT2D eigenvalue weighted by atomic mass is 32.2. The number of hydrogen-bond donors (Lipinski definition) is 6. The van der Waals surface area contributed by atoms with Crippen molar-refractivity contribution >= 4 is 34.6 Å². The second-order valence-corrected chi connectivity index (χ2v) is 5.75. The molecule has 0 aromatic carbocycles. The van der Waals surface area contributed by atoms with Crippen LogP contribution in [0.15, 0.2) is 6.20 Å². The van der Waals surface area contributed by atoms with E-state index in [1.807, 2.05) is 0 Å². The summed E-state index contributed by atoms with van der Waals surface area (Å²) in [6.45, 7) is 2.26. The molecule has 0 bridgehead atoms. The molecule has 8 nitrogen and oxygen atoms in total. The summed E-state index contributed by atoms with van der Waals surface area (Å²) in [6, 6.07) is -0.283. The first-order valence-corrected chi connectivity index (χ1v) is 7.74. The van der Waals surface area contributed by atoms with Crippen molar-refractivity contribution in [3.8, 4) is 0 Å². The van der Waals surface area contributed by atoms with Crippen molar-refractivity contribution in [3.05, 3.63) is 11.8 Å². The molecule has 0 saturated carbocycles. The van der Waals surface area contributed by atoms with Crippen LogP contribution in [0.3, 0.4) is 0 Å². The number of aliphatic hydroxyl groups is 2. The molecule has 0 saturated heterocycles. The van der Waals surface area contributed by atoms with Crippen LogP contribution >= 0.6 is 11.8 Å². The number of thioether (sulfide) groups is 1. The van der Waals surface area contributed by atoms with E-state index < -0.39 is 11.5 Å². The molecule has 0 amide bonds. The molecule has 21 heavy (non-hydrogen) atoms. The maximum atomic E-state index is 9.91. The zero-order chi connectivity index (χ0) is 15.6. The smallest absolute Gasteiger partial charge is 0.222 e. The lowest BCUT2D eigenvalue weighted by Gasteiger charge is -2.23. The molecule has 2 aromatic rings. The number of nitrogen functional groups attached to an aromatic ring is 2. The van der Waals surface area contributed by atoms with Crippen molar-refractivity contribution in [2.45, 2.75) is 31.1 Å². The van der Waals surface area contributed by atoms with Crippen molar-refractivity contribution in [3.63, 3.8) is 0 Å². The van der Waals surface area contributed by atoms with Crippen LogP contribution in [0.2, 0.25) is 0 Å². The number of aromatic nitrogens is 3. The fourth-order valence-corrected chi connectivity index (χ4v) is 2.53. The molecule has 116 valence electrons. The lowest BCUT2D eigenvalue weighted by atomic mass is 10.2. The zero-order valence-corrected chi connectivity index (χ0v) is 12.7. The molecule has 3 atom stereocenters. The number of anilines is 2. The normalized spacial score (nSPS) is 16.0. The summed E-state index contributed by atoms with van der Waals surface area (Å²) in [5, 5.41) is 22.7. The van der Waals surface area contributed by atoms with Gasteiger partial charge in [0, 0.05) is 24.3 Å². The SMILES string of the molecule is CSC(O)C(O)C(C)NCc1c[nH]c2c(N)nc(N)nc12. The van der Waals surface area contributed by atoms with Crippen LogP contribution in [0.4, 0.5) is 11.8 Å². The van der Waals surface area contributed by atoms with E-state index in [0.29, 0.717) is 23.4 Å². The summed E-state index contributed by atoms with van der Waals surface area (Å²) < 4.78 is 0. The maximum Gasteiger partial charge on any atom is 0.222 e. The van der Waals surface area contributed by atoms with Crippen molar-refractivity contribution in [1.82, 2.24) is 20.3 Å². The van der Waals surface area contributed by atoms with Gasteiger partial charge in [0.15, 0.2) is 5.82 Å². The van der Waals surface area contributed by atoms with Crippen LogP contribution in [0.1, 0.15) is 12.5 Å². The number of nitrogens with one attached hydrogen (secondary N) is 2. The lowest BCUT2D eigenvalue weighted by molar-refractivity contribution is 0.0483. The van der Waals surface area contributed by atoms with E-state index in [1.54, 1.807) is 19.4 Å². The van der Waals surface area contributed by atoms with Gasteiger partial charge in [-0.2, -0.15) is 4.98 Å². The quantitative estimate of drug-likeness (QED) is 0.397. The molecule has 0 aliphatic carbocycles. The summed E-state index contributed by atoms with van der Waals surface area (Å²) in [5.41, 5.74) is 12.7. The number of rotatable bonds is 6. The highest BCUT2D eigenvalue weighted by Gasteiger charge is 2.22. The first kappa shape index (κ1) is 15.8. The molecular formula is C12H20N6O2S. The topological polar surface area (TPSA) is 146 Å². The first-order chi connectivity index (χ1) is 9.93. The lowest BCUT2D eigenvalue weighted by Crippen LogP contribution is -2.42. The summed E-state index contributed by atoms with van der Waals surface area (Å²) in [5.74, 6) is 0.418. The van der Waals surface area contributed by atoms with Gasteiger partial charge in [-0.05, 0) is 13.2 Å². The summed E-state index contributed by atoms with van der Waals surface area (Å²) in [4.78, 5) is 11.1. The van der Waals surface area contributed by atoms with E-state index >= 15 is 0 Å². The molecule has 2 rings (SSSR count). The van der Waals surface area contributed by atoms with Gasteiger partial charge in [0.05, 0.1) is 0 Å². The number of nitrogens with zero attached hydrogens (tertiary/aromatic N) is 2. The Morgan fingerprint density at radius 1 is 1.38 bits per heavy atom.